The lowest BCUT2D eigenvalue weighted by atomic mass is 10.1. The number of nitrogens with zero attached hydrogens (tertiary/aromatic N) is 1. The number of benzene rings is 1. The predicted octanol–water partition coefficient (Wildman–Crippen LogP) is 1.31. The van der Waals surface area contributed by atoms with Crippen LogP contribution in [0.15, 0.2) is 42.7 Å². The van der Waals surface area contributed by atoms with E-state index in [4.69, 9.17) is 9.47 Å². The highest BCUT2D eigenvalue weighted by molar-refractivity contribution is 5.93. The Morgan fingerprint density at radius 2 is 1.82 bits per heavy atom. The number of carbonyl (C=O) groups is 1. The van der Waals surface area contributed by atoms with E-state index < -0.39 is 0 Å². The molecule has 2 rings (SSSR count). The Kier molecular flexibility index (Phi) is 5.19. The Morgan fingerprint density at radius 3 is 2.45 bits per heavy atom. The summed E-state index contributed by atoms with van der Waals surface area (Å²) in [6.07, 6.45) is 3.26. The second-order valence-corrected chi connectivity index (χ2v) is 4.64. The summed E-state index contributed by atoms with van der Waals surface area (Å²) in [7, 11) is 3.17. The van der Waals surface area contributed by atoms with Crippen molar-refractivity contribution in [3.8, 4) is 11.5 Å². The summed E-state index contributed by atoms with van der Waals surface area (Å²) in [5, 5.41) is 13.7. The second kappa shape index (κ2) is 7.31. The zero-order valence-corrected chi connectivity index (χ0v) is 12.5. The van der Waals surface area contributed by atoms with Crippen LogP contribution in [0.5, 0.6) is 11.5 Å². The van der Waals surface area contributed by atoms with Crippen molar-refractivity contribution in [2.75, 3.05) is 20.8 Å². The molecule has 0 saturated carbocycles. The summed E-state index contributed by atoms with van der Waals surface area (Å²) in [4.78, 5) is 11.9. The van der Waals surface area contributed by atoms with Crippen LogP contribution in [0.4, 0.5) is 0 Å². The topological polar surface area (TPSA) is 74.5 Å². The number of amides is 1. The van der Waals surface area contributed by atoms with Gasteiger partial charge in [-0.3, -0.25) is 4.79 Å². The van der Waals surface area contributed by atoms with E-state index in [1.54, 1.807) is 14.2 Å². The molecule has 1 heterocycles. The summed E-state index contributed by atoms with van der Waals surface area (Å²) in [5.74, 6) is 1.13. The molecule has 1 aromatic carbocycles. The normalized spacial score (nSPS) is 10.1. The fourth-order valence-electron chi connectivity index (χ4n) is 2.02. The van der Waals surface area contributed by atoms with Crippen LogP contribution in [0.25, 0.3) is 0 Å². The quantitative estimate of drug-likeness (QED) is 0.645. The van der Waals surface area contributed by atoms with Gasteiger partial charge in [0.15, 0.2) is 23.9 Å². The number of carbonyl (C=O) groups excluding carboxylic acids is 1. The summed E-state index contributed by atoms with van der Waals surface area (Å²) >= 11 is 0. The molecule has 116 valence electrons. The van der Waals surface area contributed by atoms with E-state index in [9.17, 15) is 10.0 Å². The molecule has 0 aliphatic carbocycles. The summed E-state index contributed by atoms with van der Waals surface area (Å²) in [6, 6.07) is 8.61. The largest absolute Gasteiger partial charge is 0.619 e. The first-order chi connectivity index (χ1) is 10.6. The van der Waals surface area contributed by atoms with Gasteiger partial charge in [0, 0.05) is 18.7 Å². The van der Waals surface area contributed by atoms with Crippen LogP contribution in [0.3, 0.4) is 0 Å². The summed E-state index contributed by atoms with van der Waals surface area (Å²) in [5.41, 5.74) is 1.49. The van der Waals surface area contributed by atoms with E-state index in [1.807, 2.05) is 18.2 Å². The van der Waals surface area contributed by atoms with Crippen molar-refractivity contribution in [1.82, 2.24) is 5.32 Å². The highest BCUT2D eigenvalue weighted by Crippen LogP contribution is 2.27. The number of rotatable bonds is 6. The molecule has 0 aliphatic heterocycles. The molecule has 0 unspecified atom stereocenters. The smallest absolute Gasteiger partial charge is 0.251 e. The third-order valence-corrected chi connectivity index (χ3v) is 3.21. The molecule has 0 spiro atoms. The standard InChI is InChI=1S/C16H18N2O4/c1-21-14-4-3-12(11-15(14)22-2)5-8-17-16(19)13-6-9-18(20)10-7-13/h3-4,6-7,9-11H,5,8H2,1-2H3,(H,17,19). The molecular weight excluding hydrogens is 284 g/mol. The summed E-state index contributed by atoms with van der Waals surface area (Å²) < 4.78 is 11.1. The Hall–Kier alpha value is -2.76. The molecule has 1 aromatic heterocycles. The first-order valence-electron chi connectivity index (χ1n) is 6.82. The molecule has 0 fully saturated rings. The van der Waals surface area contributed by atoms with E-state index >= 15 is 0 Å². The first kappa shape index (κ1) is 15.6. The van der Waals surface area contributed by atoms with Crippen LogP contribution in [0.1, 0.15) is 15.9 Å². The Morgan fingerprint density at radius 1 is 1.14 bits per heavy atom. The molecule has 0 aliphatic rings. The Bertz CT molecular complexity index is 641. The predicted molar refractivity (Wildman–Crippen MR) is 81.0 cm³/mol. The molecule has 6 nitrogen and oxygen atoms in total. The van der Waals surface area contributed by atoms with Gasteiger partial charge in [-0.15, -0.1) is 0 Å². The number of nitrogens with one attached hydrogen (secondary N) is 1. The van der Waals surface area contributed by atoms with Gasteiger partial charge in [-0.1, -0.05) is 6.07 Å². The first-order valence-corrected chi connectivity index (χ1v) is 6.82. The van der Waals surface area contributed by atoms with Gasteiger partial charge in [0.2, 0.25) is 0 Å². The van der Waals surface area contributed by atoms with E-state index in [-0.39, 0.29) is 5.91 Å². The minimum absolute atomic E-state index is 0.207. The molecule has 0 saturated heterocycles. The SMILES string of the molecule is COc1ccc(CCNC(=O)c2cc[n+]([O-])cc2)cc1OC. The van der Waals surface area contributed by atoms with E-state index in [0.29, 0.717) is 34.8 Å². The molecular formula is C16H18N2O4. The van der Waals surface area contributed by atoms with Gasteiger partial charge < -0.3 is 20.0 Å². The average molecular weight is 302 g/mol. The minimum Gasteiger partial charge on any atom is -0.619 e. The van der Waals surface area contributed by atoms with Crippen molar-refractivity contribution in [3.63, 3.8) is 0 Å². The Labute approximate surface area is 128 Å². The maximum Gasteiger partial charge on any atom is 0.251 e. The van der Waals surface area contributed by atoms with Gasteiger partial charge >= 0.3 is 0 Å². The van der Waals surface area contributed by atoms with Crippen molar-refractivity contribution in [3.05, 3.63) is 59.1 Å². The molecule has 6 heteroatoms. The number of methoxy groups -OCH3 is 2. The lowest BCUT2D eigenvalue weighted by Gasteiger charge is -2.10. The molecule has 1 N–H and O–H groups in total. The van der Waals surface area contributed by atoms with Crippen LogP contribution in [-0.2, 0) is 6.42 Å². The van der Waals surface area contributed by atoms with Crippen molar-refractivity contribution in [2.24, 2.45) is 0 Å². The number of aromatic nitrogens is 1. The van der Waals surface area contributed by atoms with Crippen molar-refractivity contribution < 1.29 is 19.0 Å². The van der Waals surface area contributed by atoms with Crippen LogP contribution >= 0.6 is 0 Å². The number of pyridine rings is 1. The van der Waals surface area contributed by atoms with E-state index in [2.05, 4.69) is 5.32 Å². The fraction of sp³-hybridized carbons (Fsp3) is 0.250. The van der Waals surface area contributed by atoms with Gasteiger partial charge in [-0.25, -0.2) is 0 Å². The maximum atomic E-state index is 11.9. The van der Waals surface area contributed by atoms with Gasteiger partial charge in [-0.05, 0) is 24.1 Å². The molecule has 0 atom stereocenters. The Balaban J connectivity index is 1.90. The molecule has 0 bridgehead atoms. The number of ether oxygens (including phenoxy) is 2. The van der Waals surface area contributed by atoms with Gasteiger partial charge in [-0.2, -0.15) is 4.73 Å². The molecule has 1 amide bonds. The number of hydrogen-bond acceptors (Lipinski definition) is 4. The average Bonchev–Trinajstić information content (AvgIpc) is 2.55. The van der Waals surface area contributed by atoms with Crippen LogP contribution in [0, 0.1) is 5.21 Å². The fourth-order valence-corrected chi connectivity index (χ4v) is 2.02. The summed E-state index contributed by atoms with van der Waals surface area (Å²) in [6.45, 7) is 0.487. The monoisotopic (exact) mass is 302 g/mol. The minimum atomic E-state index is -0.207. The highest BCUT2D eigenvalue weighted by Gasteiger charge is 2.07. The lowest BCUT2D eigenvalue weighted by Crippen LogP contribution is -2.28. The molecule has 22 heavy (non-hydrogen) atoms. The van der Waals surface area contributed by atoms with Crippen molar-refractivity contribution >= 4 is 5.91 Å². The van der Waals surface area contributed by atoms with Crippen LogP contribution < -0.4 is 19.5 Å². The van der Waals surface area contributed by atoms with Crippen molar-refractivity contribution in [2.45, 2.75) is 6.42 Å². The highest BCUT2D eigenvalue weighted by atomic mass is 16.5. The van der Waals surface area contributed by atoms with Crippen LogP contribution in [-0.4, -0.2) is 26.7 Å². The van der Waals surface area contributed by atoms with Gasteiger partial charge in [0.05, 0.1) is 19.8 Å². The van der Waals surface area contributed by atoms with Gasteiger partial charge in [0.25, 0.3) is 5.91 Å². The maximum absolute atomic E-state index is 11.9. The van der Waals surface area contributed by atoms with Crippen molar-refractivity contribution in [1.29, 1.82) is 0 Å². The molecule has 2 aromatic rings. The van der Waals surface area contributed by atoms with Gasteiger partial charge in [0.1, 0.15) is 0 Å². The zero-order valence-electron chi connectivity index (χ0n) is 12.5. The second-order valence-electron chi connectivity index (χ2n) is 4.64. The third kappa shape index (κ3) is 3.88. The van der Waals surface area contributed by atoms with E-state index in [1.165, 1.54) is 24.5 Å². The number of hydrogen-bond donors (Lipinski definition) is 1. The third-order valence-electron chi connectivity index (χ3n) is 3.21. The zero-order chi connectivity index (χ0) is 15.9. The van der Waals surface area contributed by atoms with E-state index in [0.717, 1.165) is 5.56 Å². The van der Waals surface area contributed by atoms with Crippen LogP contribution in [0.2, 0.25) is 0 Å². The molecule has 0 radical (unpaired) electrons. The lowest BCUT2D eigenvalue weighted by molar-refractivity contribution is -0.605.